The Morgan fingerprint density at radius 2 is 1.82 bits per heavy atom. The third kappa shape index (κ3) is 3.61. The van der Waals surface area contributed by atoms with E-state index in [2.05, 4.69) is 40.4 Å². The topological polar surface area (TPSA) is 35.6 Å². The molecule has 1 atom stereocenters. The van der Waals surface area contributed by atoms with Crippen LogP contribution in [-0.4, -0.2) is 44.0 Å². The quantitative estimate of drug-likeness (QED) is 0.855. The highest BCUT2D eigenvalue weighted by Crippen LogP contribution is 2.32. The lowest BCUT2D eigenvalue weighted by molar-refractivity contribution is 0.0929. The Morgan fingerprint density at radius 3 is 2.54 bits per heavy atom. The fourth-order valence-corrected chi connectivity index (χ4v) is 4.30. The van der Waals surface area contributed by atoms with Crippen molar-refractivity contribution >= 4 is 11.6 Å². The van der Waals surface area contributed by atoms with Crippen LogP contribution in [0.25, 0.3) is 0 Å². The summed E-state index contributed by atoms with van der Waals surface area (Å²) in [6.45, 7) is 3.26. The second kappa shape index (κ2) is 7.87. The van der Waals surface area contributed by atoms with E-state index in [1.807, 2.05) is 0 Å². The maximum absolute atomic E-state index is 13.9. The van der Waals surface area contributed by atoms with Gasteiger partial charge in [0.15, 0.2) is 0 Å². The van der Waals surface area contributed by atoms with E-state index in [-0.39, 0.29) is 6.04 Å². The van der Waals surface area contributed by atoms with Gasteiger partial charge in [-0.25, -0.2) is 8.78 Å². The van der Waals surface area contributed by atoms with Crippen LogP contribution in [0, 0.1) is 11.6 Å². The Balaban J connectivity index is 1.55. The van der Waals surface area contributed by atoms with Crippen LogP contribution in [0.15, 0.2) is 36.4 Å². The average molecular weight is 385 g/mol. The summed E-state index contributed by atoms with van der Waals surface area (Å²) in [4.78, 5) is 17.0. The second-order valence-electron chi connectivity index (χ2n) is 7.63. The Hall–Kier alpha value is -2.47. The van der Waals surface area contributed by atoms with Crippen molar-refractivity contribution in [3.05, 3.63) is 64.7 Å². The van der Waals surface area contributed by atoms with Gasteiger partial charge >= 0.3 is 0 Å². The van der Waals surface area contributed by atoms with Gasteiger partial charge in [-0.05, 0) is 61.7 Å². The van der Waals surface area contributed by atoms with E-state index in [1.165, 1.54) is 17.3 Å². The van der Waals surface area contributed by atoms with Crippen molar-refractivity contribution in [2.24, 2.45) is 0 Å². The van der Waals surface area contributed by atoms with Crippen molar-refractivity contribution in [3.63, 3.8) is 0 Å². The molecule has 1 saturated heterocycles. The summed E-state index contributed by atoms with van der Waals surface area (Å²) in [6.07, 6.45) is 3.26. The minimum absolute atomic E-state index is 0.00232. The molecular weight excluding hydrogens is 360 g/mol. The van der Waals surface area contributed by atoms with Crippen molar-refractivity contribution in [2.45, 2.75) is 25.3 Å². The van der Waals surface area contributed by atoms with Gasteiger partial charge in [0, 0.05) is 25.8 Å². The number of nitrogens with zero attached hydrogens (tertiary/aromatic N) is 2. The summed E-state index contributed by atoms with van der Waals surface area (Å²) in [5.74, 6) is -2.38. The largest absolute Gasteiger partial charge is 0.374 e. The molecule has 2 aliphatic heterocycles. The summed E-state index contributed by atoms with van der Waals surface area (Å²) in [5, 5.41) is 2.76. The van der Waals surface area contributed by atoms with Gasteiger partial charge in [-0.15, -0.1) is 0 Å². The molecule has 0 bridgehead atoms. The summed E-state index contributed by atoms with van der Waals surface area (Å²) in [7, 11) is 2.09. The molecule has 2 aromatic rings. The fraction of sp³-hybridized carbons (Fsp3) is 0.409. The number of nitrogens with one attached hydrogen (secondary N) is 1. The van der Waals surface area contributed by atoms with Crippen molar-refractivity contribution < 1.29 is 13.6 Å². The van der Waals surface area contributed by atoms with Gasteiger partial charge in [0.2, 0.25) is 0 Å². The van der Waals surface area contributed by atoms with Crippen LogP contribution in [0.3, 0.4) is 0 Å². The van der Waals surface area contributed by atoms with Crippen LogP contribution in [-0.2, 0) is 6.42 Å². The number of carbonyl (C=O) groups is 1. The normalized spacial score (nSPS) is 17.6. The van der Waals surface area contributed by atoms with Gasteiger partial charge in [-0.2, -0.15) is 0 Å². The third-order valence-electron chi connectivity index (χ3n) is 5.84. The number of likely N-dealkylation sites (N-methyl/N-ethyl adjacent to an activating group) is 1. The van der Waals surface area contributed by atoms with Crippen LogP contribution in [0.5, 0.6) is 0 Å². The first-order valence-electron chi connectivity index (χ1n) is 9.85. The number of anilines is 1. The number of halogens is 2. The van der Waals surface area contributed by atoms with Crippen LogP contribution < -0.4 is 10.2 Å². The molecule has 0 aliphatic carbocycles. The van der Waals surface area contributed by atoms with Crippen molar-refractivity contribution in [1.82, 2.24) is 10.2 Å². The first-order valence-corrected chi connectivity index (χ1v) is 9.85. The average Bonchev–Trinajstić information content (AvgIpc) is 3.32. The number of carbonyl (C=O) groups excluding carboxylic acids is 1. The minimum atomic E-state index is -0.837. The molecule has 0 aromatic heterocycles. The zero-order chi connectivity index (χ0) is 19.7. The second-order valence-corrected chi connectivity index (χ2v) is 7.63. The molecule has 0 unspecified atom stereocenters. The smallest absolute Gasteiger partial charge is 0.257 e. The molecule has 1 fully saturated rings. The number of hydrogen-bond acceptors (Lipinski definition) is 3. The molecule has 0 spiro atoms. The molecule has 1 amide bonds. The van der Waals surface area contributed by atoms with Crippen molar-refractivity contribution in [2.75, 3.05) is 38.1 Å². The molecule has 2 aliphatic rings. The molecule has 148 valence electrons. The lowest BCUT2D eigenvalue weighted by atomic mass is 10.0. The maximum atomic E-state index is 13.9. The van der Waals surface area contributed by atoms with Gasteiger partial charge in [-0.1, -0.05) is 18.2 Å². The predicted molar refractivity (Wildman–Crippen MR) is 106 cm³/mol. The molecule has 4 rings (SSSR count). The number of rotatable bonds is 5. The van der Waals surface area contributed by atoms with E-state index in [0.717, 1.165) is 56.6 Å². The Morgan fingerprint density at radius 1 is 1.11 bits per heavy atom. The van der Waals surface area contributed by atoms with Gasteiger partial charge in [0.25, 0.3) is 5.91 Å². The molecule has 1 N–H and O–H groups in total. The van der Waals surface area contributed by atoms with Crippen LogP contribution in [0.1, 0.15) is 40.4 Å². The molecule has 2 heterocycles. The number of likely N-dealkylation sites (tertiary alicyclic amines) is 1. The maximum Gasteiger partial charge on any atom is 0.257 e. The third-order valence-corrected chi connectivity index (χ3v) is 5.84. The molecule has 2 aromatic carbocycles. The molecule has 0 radical (unpaired) electrons. The van der Waals surface area contributed by atoms with E-state index in [4.69, 9.17) is 0 Å². The zero-order valence-corrected chi connectivity index (χ0v) is 16.0. The van der Waals surface area contributed by atoms with E-state index >= 15 is 0 Å². The number of hydrogen-bond donors (Lipinski definition) is 1. The van der Waals surface area contributed by atoms with Gasteiger partial charge in [-0.3, -0.25) is 9.69 Å². The predicted octanol–water partition coefficient (Wildman–Crippen LogP) is 3.52. The highest BCUT2D eigenvalue weighted by molar-refractivity contribution is 5.94. The fourth-order valence-electron chi connectivity index (χ4n) is 4.30. The Kier molecular flexibility index (Phi) is 5.31. The van der Waals surface area contributed by atoms with E-state index in [9.17, 15) is 13.6 Å². The van der Waals surface area contributed by atoms with Crippen LogP contribution >= 0.6 is 0 Å². The lowest BCUT2D eigenvalue weighted by Crippen LogP contribution is -2.37. The van der Waals surface area contributed by atoms with E-state index in [0.29, 0.717) is 6.54 Å². The number of benzene rings is 2. The first-order chi connectivity index (χ1) is 13.5. The summed E-state index contributed by atoms with van der Waals surface area (Å²) >= 11 is 0. The highest BCUT2D eigenvalue weighted by atomic mass is 19.1. The summed E-state index contributed by atoms with van der Waals surface area (Å²) in [6, 6.07) is 9.93. The molecular formula is C22H25F2N3O. The number of amides is 1. The molecule has 0 saturated carbocycles. The SMILES string of the molecule is CN1CCc2cc([C@@H](CNC(=O)c3c(F)cccc3F)N3CCCC3)ccc21. The first kappa shape index (κ1) is 18.9. The van der Waals surface area contributed by atoms with Crippen LogP contribution in [0.2, 0.25) is 0 Å². The van der Waals surface area contributed by atoms with Crippen molar-refractivity contribution in [3.8, 4) is 0 Å². The zero-order valence-electron chi connectivity index (χ0n) is 16.0. The summed E-state index contributed by atoms with van der Waals surface area (Å²) in [5.41, 5.74) is 3.19. The van der Waals surface area contributed by atoms with E-state index in [1.54, 1.807) is 0 Å². The molecule has 4 nitrogen and oxygen atoms in total. The summed E-state index contributed by atoms with van der Waals surface area (Å²) < 4.78 is 27.8. The molecule has 28 heavy (non-hydrogen) atoms. The van der Waals surface area contributed by atoms with Crippen LogP contribution in [0.4, 0.5) is 14.5 Å². The standard InChI is InChI=1S/C22H25F2N3O/c1-26-12-9-16-13-15(7-8-19(16)26)20(27-10-2-3-11-27)14-25-22(28)21-17(23)5-4-6-18(21)24/h4-8,13,20H,2-3,9-12,14H2,1H3,(H,25,28)/t20-/m1/s1. The van der Waals surface area contributed by atoms with Gasteiger partial charge < -0.3 is 10.2 Å². The highest BCUT2D eigenvalue weighted by Gasteiger charge is 2.27. The number of fused-ring (bicyclic) bond motifs is 1. The molecule has 6 heteroatoms. The monoisotopic (exact) mass is 385 g/mol. The van der Waals surface area contributed by atoms with Gasteiger partial charge in [0.05, 0.1) is 6.04 Å². The van der Waals surface area contributed by atoms with E-state index < -0.39 is 23.1 Å². The Bertz CT molecular complexity index is 860. The van der Waals surface area contributed by atoms with Gasteiger partial charge in [0.1, 0.15) is 17.2 Å². The lowest BCUT2D eigenvalue weighted by Gasteiger charge is -2.29. The van der Waals surface area contributed by atoms with Crippen molar-refractivity contribution in [1.29, 1.82) is 0 Å². The Labute approximate surface area is 164 Å². The minimum Gasteiger partial charge on any atom is -0.374 e.